The first-order valence-corrected chi connectivity index (χ1v) is 8.81. The average Bonchev–Trinajstić information content (AvgIpc) is 2.56. The second kappa shape index (κ2) is 11.7. The number of unbranched alkanes of at least 4 members (excludes halogenated alkanes) is 3. The number of rotatable bonds is 10. The number of carbonyl (C=O) groups is 3. The van der Waals surface area contributed by atoms with Crippen LogP contribution in [0.4, 0.5) is 0 Å². The Morgan fingerprint density at radius 3 is 2.13 bits per heavy atom. The topological polar surface area (TPSA) is 75.3 Å². The highest BCUT2D eigenvalue weighted by atomic mass is 32.2. The van der Waals surface area contributed by atoms with Crippen LogP contribution >= 0.6 is 11.8 Å². The van der Waals surface area contributed by atoms with E-state index in [4.69, 9.17) is 0 Å². The molecule has 0 heterocycles. The fourth-order valence-corrected chi connectivity index (χ4v) is 2.38. The maximum absolute atomic E-state index is 11.8. The van der Waals surface area contributed by atoms with E-state index in [1.54, 1.807) is 12.1 Å². The number of hydrogen-bond acceptors (Lipinski definition) is 4. The SMILES string of the molecule is CC(=O)SCC(=O)NCCCCCCNC(=O)c1ccccc1. The van der Waals surface area contributed by atoms with Crippen molar-refractivity contribution in [3.8, 4) is 0 Å². The molecule has 5 nitrogen and oxygen atoms in total. The van der Waals surface area contributed by atoms with E-state index in [2.05, 4.69) is 10.6 Å². The van der Waals surface area contributed by atoms with Crippen LogP contribution in [0.1, 0.15) is 43.0 Å². The van der Waals surface area contributed by atoms with Crippen molar-refractivity contribution in [1.29, 1.82) is 0 Å². The van der Waals surface area contributed by atoms with Crippen molar-refractivity contribution in [2.75, 3.05) is 18.8 Å². The van der Waals surface area contributed by atoms with Gasteiger partial charge in [-0.1, -0.05) is 42.8 Å². The molecule has 0 aliphatic rings. The molecule has 0 atom stereocenters. The Balaban J connectivity index is 1.95. The maximum atomic E-state index is 11.8. The Morgan fingerprint density at radius 1 is 0.913 bits per heavy atom. The highest BCUT2D eigenvalue weighted by molar-refractivity contribution is 8.14. The first kappa shape index (κ1) is 19.2. The fourth-order valence-electron chi connectivity index (χ4n) is 1.94. The zero-order valence-corrected chi connectivity index (χ0v) is 14.3. The molecule has 2 N–H and O–H groups in total. The highest BCUT2D eigenvalue weighted by Gasteiger charge is 2.04. The summed E-state index contributed by atoms with van der Waals surface area (Å²) in [6.07, 6.45) is 3.84. The van der Waals surface area contributed by atoms with E-state index in [0.29, 0.717) is 18.7 Å². The largest absolute Gasteiger partial charge is 0.355 e. The number of hydrogen-bond donors (Lipinski definition) is 2. The molecule has 23 heavy (non-hydrogen) atoms. The molecule has 1 rings (SSSR count). The van der Waals surface area contributed by atoms with Gasteiger partial charge in [0, 0.05) is 25.6 Å². The van der Waals surface area contributed by atoms with Gasteiger partial charge >= 0.3 is 0 Å². The lowest BCUT2D eigenvalue weighted by molar-refractivity contribution is -0.118. The van der Waals surface area contributed by atoms with Crippen LogP contribution in [0.25, 0.3) is 0 Å². The van der Waals surface area contributed by atoms with Gasteiger partial charge < -0.3 is 10.6 Å². The molecular weight excluding hydrogens is 312 g/mol. The average molecular weight is 336 g/mol. The summed E-state index contributed by atoms with van der Waals surface area (Å²) in [5.74, 6) is 0.0575. The van der Waals surface area contributed by atoms with Crippen LogP contribution < -0.4 is 10.6 Å². The third kappa shape index (κ3) is 9.73. The normalized spacial score (nSPS) is 10.1. The monoisotopic (exact) mass is 336 g/mol. The minimum atomic E-state index is -0.0969. The summed E-state index contributed by atoms with van der Waals surface area (Å²) in [4.78, 5) is 33.9. The second-order valence-corrected chi connectivity index (χ2v) is 6.32. The third-order valence-corrected chi connectivity index (χ3v) is 3.97. The maximum Gasteiger partial charge on any atom is 0.251 e. The van der Waals surface area contributed by atoms with E-state index in [0.717, 1.165) is 37.4 Å². The van der Waals surface area contributed by atoms with Crippen LogP contribution in [0.3, 0.4) is 0 Å². The summed E-state index contributed by atoms with van der Waals surface area (Å²) in [6, 6.07) is 9.16. The molecule has 0 unspecified atom stereocenters. The minimum absolute atomic E-state index is 0.0409. The number of benzene rings is 1. The van der Waals surface area contributed by atoms with Gasteiger partial charge in [0.2, 0.25) is 5.91 Å². The van der Waals surface area contributed by atoms with Gasteiger partial charge in [-0.05, 0) is 25.0 Å². The molecule has 126 valence electrons. The first-order chi connectivity index (χ1) is 11.1. The smallest absolute Gasteiger partial charge is 0.251 e. The molecule has 6 heteroatoms. The first-order valence-electron chi connectivity index (χ1n) is 7.83. The van der Waals surface area contributed by atoms with E-state index in [1.807, 2.05) is 18.2 Å². The van der Waals surface area contributed by atoms with Crippen molar-refractivity contribution in [3.63, 3.8) is 0 Å². The lowest BCUT2D eigenvalue weighted by Gasteiger charge is -2.06. The quantitative estimate of drug-likeness (QED) is 0.643. The molecule has 0 radical (unpaired) electrons. The number of carbonyl (C=O) groups excluding carboxylic acids is 3. The summed E-state index contributed by atoms with van der Waals surface area (Å²) in [7, 11) is 0. The van der Waals surface area contributed by atoms with Gasteiger partial charge in [-0.25, -0.2) is 0 Å². The predicted molar refractivity (Wildman–Crippen MR) is 93.4 cm³/mol. The highest BCUT2D eigenvalue weighted by Crippen LogP contribution is 2.02. The van der Waals surface area contributed by atoms with Gasteiger partial charge in [0.15, 0.2) is 5.12 Å². The summed E-state index contributed by atoms with van der Waals surface area (Å²) in [5.41, 5.74) is 0.679. The van der Waals surface area contributed by atoms with Crippen molar-refractivity contribution in [1.82, 2.24) is 10.6 Å². The summed E-state index contributed by atoms with van der Waals surface area (Å²) in [5, 5.41) is 5.64. The van der Waals surface area contributed by atoms with Crippen molar-refractivity contribution in [2.45, 2.75) is 32.6 Å². The summed E-state index contributed by atoms with van der Waals surface area (Å²) < 4.78 is 0. The molecule has 0 aliphatic heterocycles. The van der Waals surface area contributed by atoms with Crippen LogP contribution in [-0.2, 0) is 9.59 Å². The Morgan fingerprint density at radius 2 is 1.52 bits per heavy atom. The van der Waals surface area contributed by atoms with Crippen molar-refractivity contribution in [2.24, 2.45) is 0 Å². The van der Waals surface area contributed by atoms with E-state index < -0.39 is 0 Å². The molecular formula is C17H24N2O3S. The Kier molecular flexibility index (Phi) is 9.79. The summed E-state index contributed by atoms with van der Waals surface area (Å²) >= 11 is 1.02. The zero-order chi connectivity index (χ0) is 16.9. The van der Waals surface area contributed by atoms with Gasteiger partial charge in [-0.15, -0.1) is 0 Å². The Hall–Kier alpha value is -1.82. The van der Waals surface area contributed by atoms with E-state index in [-0.39, 0.29) is 22.7 Å². The van der Waals surface area contributed by atoms with Gasteiger partial charge in [0.05, 0.1) is 5.75 Å². The van der Waals surface area contributed by atoms with E-state index in [1.165, 1.54) is 6.92 Å². The van der Waals surface area contributed by atoms with Crippen LogP contribution in [0, 0.1) is 0 Å². The standard InChI is InChI=1S/C17H24N2O3S/c1-14(20)23-13-16(21)18-11-7-2-3-8-12-19-17(22)15-9-5-4-6-10-15/h4-6,9-10H,2-3,7-8,11-13H2,1H3,(H,18,21)(H,19,22). The summed E-state index contributed by atoms with van der Waals surface area (Å²) in [6.45, 7) is 2.75. The van der Waals surface area contributed by atoms with Gasteiger partial charge in [0.1, 0.15) is 0 Å². The molecule has 2 amide bonds. The van der Waals surface area contributed by atoms with Crippen LogP contribution in [-0.4, -0.2) is 35.8 Å². The van der Waals surface area contributed by atoms with E-state index in [9.17, 15) is 14.4 Å². The fraction of sp³-hybridized carbons (Fsp3) is 0.471. The van der Waals surface area contributed by atoms with Gasteiger partial charge in [-0.2, -0.15) is 0 Å². The molecule has 0 aromatic heterocycles. The molecule has 0 spiro atoms. The molecule has 0 aliphatic carbocycles. The number of nitrogens with one attached hydrogen (secondary N) is 2. The van der Waals surface area contributed by atoms with Crippen LogP contribution in [0.2, 0.25) is 0 Å². The molecule has 0 fully saturated rings. The third-order valence-electron chi connectivity index (χ3n) is 3.15. The van der Waals surface area contributed by atoms with Crippen molar-refractivity contribution < 1.29 is 14.4 Å². The zero-order valence-electron chi connectivity index (χ0n) is 13.5. The predicted octanol–water partition coefficient (Wildman–Crippen LogP) is 2.37. The Bertz CT molecular complexity index is 506. The molecule has 0 saturated carbocycles. The van der Waals surface area contributed by atoms with Gasteiger partial charge in [-0.3, -0.25) is 14.4 Å². The number of amides is 2. The van der Waals surface area contributed by atoms with Crippen molar-refractivity contribution in [3.05, 3.63) is 35.9 Å². The molecule has 0 bridgehead atoms. The minimum Gasteiger partial charge on any atom is -0.355 e. The van der Waals surface area contributed by atoms with Crippen LogP contribution in [0.5, 0.6) is 0 Å². The van der Waals surface area contributed by atoms with Crippen molar-refractivity contribution >= 4 is 28.7 Å². The molecule has 1 aromatic carbocycles. The molecule has 1 aromatic rings. The lowest BCUT2D eigenvalue weighted by atomic mass is 10.2. The van der Waals surface area contributed by atoms with Crippen LogP contribution in [0.15, 0.2) is 30.3 Å². The number of thioether (sulfide) groups is 1. The Labute approximate surface area is 141 Å². The van der Waals surface area contributed by atoms with Gasteiger partial charge in [0.25, 0.3) is 5.91 Å². The van der Waals surface area contributed by atoms with E-state index >= 15 is 0 Å². The molecule has 0 saturated heterocycles. The second-order valence-electron chi connectivity index (χ2n) is 5.17. The lowest BCUT2D eigenvalue weighted by Crippen LogP contribution is -2.26.